The number of aryl methyl sites for hydroxylation is 1. The second kappa shape index (κ2) is 8.33. The maximum absolute atomic E-state index is 13.3. The summed E-state index contributed by atoms with van der Waals surface area (Å²) in [4.78, 5) is 40.2. The molecule has 3 aromatic heterocycles. The molecule has 0 aliphatic carbocycles. The first-order valence-electron chi connectivity index (χ1n) is 10.1. The number of carbonyl (C=O) groups excluding carboxylic acids is 1. The third-order valence-corrected chi connectivity index (χ3v) is 7.09. The zero-order chi connectivity index (χ0) is 21.4. The van der Waals surface area contributed by atoms with Gasteiger partial charge < -0.3 is 4.90 Å². The smallest absolute Gasteiger partial charge is 0.266 e. The molecule has 0 spiro atoms. The van der Waals surface area contributed by atoms with Gasteiger partial charge in [-0.25, -0.2) is 9.97 Å². The molecule has 1 fully saturated rings. The van der Waals surface area contributed by atoms with Crippen LogP contribution in [0.2, 0.25) is 0 Å². The van der Waals surface area contributed by atoms with Crippen LogP contribution in [0.5, 0.6) is 0 Å². The predicted octanol–water partition coefficient (Wildman–Crippen LogP) is 3.15. The van der Waals surface area contributed by atoms with Gasteiger partial charge in [-0.15, -0.1) is 22.7 Å². The number of hydrogen-bond donors (Lipinski definition) is 0. The Balaban J connectivity index is 1.27. The molecule has 0 radical (unpaired) electrons. The van der Waals surface area contributed by atoms with Gasteiger partial charge in [0.25, 0.3) is 11.5 Å². The van der Waals surface area contributed by atoms with Crippen LogP contribution in [0.15, 0.2) is 52.8 Å². The van der Waals surface area contributed by atoms with Crippen LogP contribution in [0.3, 0.4) is 0 Å². The number of carbonyl (C=O) groups is 1. The Labute approximate surface area is 187 Å². The van der Waals surface area contributed by atoms with Crippen molar-refractivity contribution in [3.05, 3.63) is 73.9 Å². The summed E-state index contributed by atoms with van der Waals surface area (Å²) in [7, 11) is 0. The van der Waals surface area contributed by atoms with Crippen LogP contribution < -0.4 is 5.56 Å². The van der Waals surface area contributed by atoms with Crippen molar-refractivity contribution in [2.75, 3.05) is 26.2 Å². The molecule has 158 valence electrons. The molecule has 0 saturated carbocycles. The van der Waals surface area contributed by atoms with Gasteiger partial charge in [-0.2, -0.15) is 0 Å². The quantitative estimate of drug-likeness (QED) is 0.477. The SMILES string of the molecule is Cc1nc(-c2ccccc2)c(C(=O)N2CCN(Cc3cc(=O)n4ccsc4n3)CC2)s1. The number of piperazine rings is 1. The van der Waals surface area contributed by atoms with Gasteiger partial charge in [0.05, 0.1) is 16.4 Å². The Hall–Kier alpha value is -2.88. The molecule has 31 heavy (non-hydrogen) atoms. The van der Waals surface area contributed by atoms with Crippen LogP contribution in [0.1, 0.15) is 20.4 Å². The predicted molar refractivity (Wildman–Crippen MR) is 123 cm³/mol. The van der Waals surface area contributed by atoms with E-state index >= 15 is 0 Å². The molecule has 1 saturated heterocycles. The molecule has 1 aliphatic heterocycles. The highest BCUT2D eigenvalue weighted by atomic mass is 32.1. The van der Waals surface area contributed by atoms with E-state index in [1.807, 2.05) is 47.5 Å². The minimum Gasteiger partial charge on any atom is -0.335 e. The number of benzene rings is 1. The molecule has 5 rings (SSSR count). The Morgan fingerprint density at radius 2 is 1.87 bits per heavy atom. The summed E-state index contributed by atoms with van der Waals surface area (Å²) in [5.74, 6) is 0.0421. The second-order valence-electron chi connectivity index (χ2n) is 7.49. The van der Waals surface area contributed by atoms with Gasteiger partial charge in [-0.05, 0) is 6.92 Å². The minimum absolute atomic E-state index is 0.0421. The van der Waals surface area contributed by atoms with Gasteiger partial charge in [0.15, 0.2) is 4.96 Å². The topological polar surface area (TPSA) is 70.8 Å². The van der Waals surface area contributed by atoms with Crippen molar-refractivity contribution in [2.24, 2.45) is 0 Å². The Bertz CT molecular complexity index is 1290. The third kappa shape index (κ3) is 4.04. The first-order valence-corrected chi connectivity index (χ1v) is 11.8. The molecular weight excluding hydrogens is 430 g/mol. The van der Waals surface area contributed by atoms with Crippen molar-refractivity contribution >= 4 is 33.5 Å². The number of thiazole rings is 2. The first-order chi connectivity index (χ1) is 15.1. The summed E-state index contributed by atoms with van der Waals surface area (Å²) < 4.78 is 1.56. The molecule has 0 unspecified atom stereocenters. The Kier molecular flexibility index (Phi) is 5.39. The molecule has 0 atom stereocenters. The van der Waals surface area contributed by atoms with E-state index in [0.717, 1.165) is 35.0 Å². The average Bonchev–Trinajstić information content (AvgIpc) is 3.41. The molecular formula is C22H21N5O2S2. The number of fused-ring (bicyclic) bond motifs is 1. The molecule has 9 heteroatoms. The van der Waals surface area contributed by atoms with Crippen LogP contribution in [0, 0.1) is 6.92 Å². The largest absolute Gasteiger partial charge is 0.335 e. The highest BCUT2D eigenvalue weighted by molar-refractivity contribution is 7.15. The van der Waals surface area contributed by atoms with Gasteiger partial charge in [0.2, 0.25) is 0 Å². The molecule has 4 heterocycles. The average molecular weight is 452 g/mol. The fourth-order valence-corrected chi connectivity index (χ4v) is 5.46. The zero-order valence-corrected chi connectivity index (χ0v) is 18.7. The first kappa shape index (κ1) is 20.0. The van der Waals surface area contributed by atoms with Crippen LogP contribution in [0.25, 0.3) is 16.2 Å². The highest BCUT2D eigenvalue weighted by Gasteiger charge is 2.27. The summed E-state index contributed by atoms with van der Waals surface area (Å²) in [6.07, 6.45) is 1.74. The number of nitrogens with zero attached hydrogens (tertiary/aromatic N) is 5. The summed E-state index contributed by atoms with van der Waals surface area (Å²) in [5.41, 5.74) is 2.46. The molecule has 1 aromatic carbocycles. The minimum atomic E-state index is -0.0518. The number of aromatic nitrogens is 3. The van der Waals surface area contributed by atoms with E-state index in [2.05, 4.69) is 14.9 Å². The van der Waals surface area contributed by atoms with Crippen LogP contribution >= 0.6 is 22.7 Å². The number of rotatable bonds is 4. The van der Waals surface area contributed by atoms with E-state index in [1.165, 1.54) is 22.7 Å². The number of amides is 1. The van der Waals surface area contributed by atoms with Gasteiger partial charge in [-0.3, -0.25) is 18.9 Å². The van der Waals surface area contributed by atoms with Crippen LogP contribution in [-0.4, -0.2) is 56.3 Å². The Morgan fingerprint density at radius 1 is 1.10 bits per heavy atom. The van der Waals surface area contributed by atoms with Gasteiger partial charge in [0, 0.05) is 55.9 Å². The molecule has 0 N–H and O–H groups in total. The lowest BCUT2D eigenvalue weighted by molar-refractivity contribution is 0.0632. The van der Waals surface area contributed by atoms with Crippen LogP contribution in [-0.2, 0) is 6.54 Å². The lowest BCUT2D eigenvalue weighted by Crippen LogP contribution is -2.48. The van der Waals surface area contributed by atoms with Gasteiger partial charge in [-0.1, -0.05) is 30.3 Å². The second-order valence-corrected chi connectivity index (χ2v) is 9.56. The Morgan fingerprint density at radius 3 is 2.65 bits per heavy atom. The summed E-state index contributed by atoms with van der Waals surface area (Å²) in [6, 6.07) is 11.5. The van der Waals surface area contributed by atoms with E-state index in [-0.39, 0.29) is 11.5 Å². The van der Waals surface area contributed by atoms with Crippen molar-refractivity contribution in [3.8, 4) is 11.3 Å². The normalized spacial score (nSPS) is 14.9. The standard InChI is InChI=1S/C22H21N5O2S2/c1-15-23-19(16-5-3-2-4-6-16)20(31-15)21(29)26-9-7-25(8-10-26)14-17-13-18(28)27-11-12-30-22(27)24-17/h2-6,11-13H,7-10,14H2,1H3. The monoisotopic (exact) mass is 451 g/mol. The van der Waals surface area contributed by atoms with Gasteiger partial charge >= 0.3 is 0 Å². The van der Waals surface area contributed by atoms with E-state index < -0.39 is 0 Å². The zero-order valence-electron chi connectivity index (χ0n) is 17.0. The fourth-order valence-electron chi connectivity index (χ4n) is 3.81. The molecule has 7 nitrogen and oxygen atoms in total. The summed E-state index contributed by atoms with van der Waals surface area (Å²) >= 11 is 2.91. The molecule has 0 bridgehead atoms. The molecule has 1 aliphatic rings. The van der Waals surface area contributed by atoms with E-state index in [4.69, 9.17) is 0 Å². The van der Waals surface area contributed by atoms with Crippen molar-refractivity contribution in [1.29, 1.82) is 0 Å². The van der Waals surface area contributed by atoms with Crippen LogP contribution in [0.4, 0.5) is 0 Å². The maximum atomic E-state index is 13.3. The maximum Gasteiger partial charge on any atom is 0.266 e. The van der Waals surface area contributed by atoms with Crippen molar-refractivity contribution in [3.63, 3.8) is 0 Å². The highest BCUT2D eigenvalue weighted by Crippen LogP contribution is 2.29. The fraction of sp³-hybridized carbons (Fsp3) is 0.273. The summed E-state index contributed by atoms with van der Waals surface area (Å²) in [6.45, 7) is 5.33. The van der Waals surface area contributed by atoms with E-state index in [0.29, 0.717) is 29.5 Å². The third-order valence-electron chi connectivity index (χ3n) is 5.38. The number of hydrogen-bond acceptors (Lipinski definition) is 7. The van der Waals surface area contributed by atoms with E-state index in [9.17, 15) is 9.59 Å². The van der Waals surface area contributed by atoms with Crippen molar-refractivity contribution in [1.82, 2.24) is 24.2 Å². The summed E-state index contributed by atoms with van der Waals surface area (Å²) in [5, 5.41) is 2.75. The molecule has 4 aromatic rings. The van der Waals surface area contributed by atoms with E-state index in [1.54, 1.807) is 16.7 Å². The van der Waals surface area contributed by atoms with Crippen molar-refractivity contribution < 1.29 is 4.79 Å². The van der Waals surface area contributed by atoms with Gasteiger partial charge in [0.1, 0.15) is 4.88 Å². The lowest BCUT2D eigenvalue weighted by atomic mass is 10.1. The lowest BCUT2D eigenvalue weighted by Gasteiger charge is -2.34. The van der Waals surface area contributed by atoms with Crippen molar-refractivity contribution in [2.45, 2.75) is 13.5 Å². The molecule has 1 amide bonds.